The van der Waals surface area contributed by atoms with Crippen molar-refractivity contribution >= 4 is 11.8 Å². The topological polar surface area (TPSA) is 58.4 Å². The predicted octanol–water partition coefficient (Wildman–Crippen LogP) is 2.89. The van der Waals surface area contributed by atoms with Crippen LogP contribution in [0.3, 0.4) is 0 Å². The number of likely N-dealkylation sites (tertiary alicyclic amines) is 2. The number of carbonyl (C=O) groups excluding carboxylic acids is 2. The van der Waals surface area contributed by atoms with E-state index in [2.05, 4.69) is 36.5 Å². The fourth-order valence-electron chi connectivity index (χ4n) is 4.37. The number of aryl methyl sites for hydroxylation is 1. The quantitative estimate of drug-likeness (QED) is 0.737. The van der Waals surface area contributed by atoms with E-state index in [9.17, 15) is 9.59 Å². The first-order valence-corrected chi connectivity index (χ1v) is 10.6. The molecule has 0 bridgehead atoms. The van der Waals surface area contributed by atoms with Crippen LogP contribution in [0.4, 0.5) is 0 Å². The lowest BCUT2D eigenvalue weighted by Gasteiger charge is -2.33. The van der Waals surface area contributed by atoms with Crippen molar-refractivity contribution in [3.05, 3.63) is 18.2 Å². The largest absolute Gasteiger partial charge is 0.342 e. The summed E-state index contributed by atoms with van der Waals surface area (Å²) >= 11 is 0. The van der Waals surface area contributed by atoms with Crippen LogP contribution in [0, 0.1) is 11.8 Å². The zero-order valence-corrected chi connectivity index (χ0v) is 17.1. The molecule has 0 unspecified atom stereocenters. The zero-order valence-electron chi connectivity index (χ0n) is 17.1. The summed E-state index contributed by atoms with van der Waals surface area (Å²) in [6.07, 6.45) is 8.64. The summed E-state index contributed by atoms with van der Waals surface area (Å²) in [6.45, 7) is 10.4. The van der Waals surface area contributed by atoms with E-state index >= 15 is 0 Å². The van der Waals surface area contributed by atoms with Gasteiger partial charge in [-0.15, -0.1) is 0 Å². The van der Waals surface area contributed by atoms with Crippen molar-refractivity contribution in [1.29, 1.82) is 0 Å². The molecule has 2 aliphatic heterocycles. The number of hydrogen-bond donors (Lipinski definition) is 0. The number of imidazole rings is 1. The van der Waals surface area contributed by atoms with Gasteiger partial charge in [-0.2, -0.15) is 0 Å². The maximum atomic E-state index is 12.9. The zero-order chi connectivity index (χ0) is 19.4. The van der Waals surface area contributed by atoms with Gasteiger partial charge in [0.15, 0.2) is 0 Å². The Kier molecular flexibility index (Phi) is 6.55. The first kappa shape index (κ1) is 19.9. The van der Waals surface area contributed by atoms with Crippen molar-refractivity contribution in [2.75, 3.05) is 26.2 Å². The maximum absolute atomic E-state index is 12.9. The van der Waals surface area contributed by atoms with E-state index in [0.29, 0.717) is 24.8 Å². The van der Waals surface area contributed by atoms with Gasteiger partial charge in [0.1, 0.15) is 5.82 Å². The molecule has 2 amide bonds. The van der Waals surface area contributed by atoms with E-state index in [1.165, 1.54) is 18.7 Å². The molecule has 2 aliphatic rings. The molecular formula is C21H34N4O2. The highest BCUT2D eigenvalue weighted by atomic mass is 16.2. The van der Waals surface area contributed by atoms with Crippen molar-refractivity contribution < 1.29 is 9.59 Å². The monoisotopic (exact) mass is 374 g/mol. The molecule has 1 atom stereocenters. The number of hydrogen-bond acceptors (Lipinski definition) is 3. The third kappa shape index (κ3) is 4.71. The molecule has 6 heteroatoms. The molecule has 3 rings (SSSR count). The fourth-order valence-corrected chi connectivity index (χ4v) is 4.37. The van der Waals surface area contributed by atoms with Gasteiger partial charge in [0.2, 0.25) is 11.8 Å². The summed E-state index contributed by atoms with van der Waals surface area (Å²) in [5.41, 5.74) is 0. The normalized spacial score (nSPS) is 21.5. The second-order valence-corrected chi connectivity index (χ2v) is 8.53. The number of nitrogens with zero attached hydrogens (tertiary/aromatic N) is 4. The Labute approximate surface area is 162 Å². The molecule has 6 nitrogen and oxygen atoms in total. The third-order valence-corrected chi connectivity index (χ3v) is 5.82. The van der Waals surface area contributed by atoms with Crippen LogP contribution in [-0.4, -0.2) is 57.3 Å². The number of rotatable bonds is 7. The van der Waals surface area contributed by atoms with Crippen LogP contribution in [0.5, 0.6) is 0 Å². The molecule has 0 saturated carbocycles. The molecule has 1 aromatic heterocycles. The Hall–Kier alpha value is -1.85. The van der Waals surface area contributed by atoms with Gasteiger partial charge in [-0.1, -0.05) is 27.2 Å². The van der Waals surface area contributed by atoms with Crippen LogP contribution >= 0.6 is 0 Å². The molecule has 1 aromatic rings. The Morgan fingerprint density at radius 2 is 2.04 bits per heavy atom. The summed E-state index contributed by atoms with van der Waals surface area (Å²) in [6, 6.07) is 0. The molecule has 0 spiro atoms. The molecule has 0 aromatic carbocycles. The SMILES string of the molecule is CCCCn1ccnc1C1CCN(C(=O)[C@@H]2CC(=O)N(CC(C)C)C2)CC1. The van der Waals surface area contributed by atoms with Crippen LogP contribution in [0.15, 0.2) is 12.4 Å². The molecule has 27 heavy (non-hydrogen) atoms. The number of piperidine rings is 1. The average Bonchev–Trinajstić information content (AvgIpc) is 3.26. The van der Waals surface area contributed by atoms with Crippen molar-refractivity contribution in [3.8, 4) is 0 Å². The Morgan fingerprint density at radius 1 is 1.30 bits per heavy atom. The van der Waals surface area contributed by atoms with Crippen LogP contribution in [0.1, 0.15) is 64.6 Å². The second kappa shape index (κ2) is 8.89. The van der Waals surface area contributed by atoms with Gasteiger partial charge in [-0.3, -0.25) is 9.59 Å². The van der Waals surface area contributed by atoms with Gasteiger partial charge in [-0.05, 0) is 25.2 Å². The first-order valence-electron chi connectivity index (χ1n) is 10.6. The Balaban J connectivity index is 1.53. The highest BCUT2D eigenvalue weighted by molar-refractivity contribution is 5.89. The molecular weight excluding hydrogens is 340 g/mol. The van der Waals surface area contributed by atoms with Crippen LogP contribution in [0.2, 0.25) is 0 Å². The summed E-state index contributed by atoms with van der Waals surface area (Å²) < 4.78 is 2.28. The van der Waals surface area contributed by atoms with Gasteiger partial charge in [-0.25, -0.2) is 4.98 Å². The van der Waals surface area contributed by atoms with Gasteiger partial charge >= 0.3 is 0 Å². The molecule has 0 radical (unpaired) electrons. The van der Waals surface area contributed by atoms with Crippen LogP contribution < -0.4 is 0 Å². The van der Waals surface area contributed by atoms with Crippen molar-refractivity contribution in [3.63, 3.8) is 0 Å². The fraction of sp³-hybridized carbons (Fsp3) is 0.762. The molecule has 2 saturated heterocycles. The minimum atomic E-state index is -0.153. The molecule has 0 aliphatic carbocycles. The molecule has 0 N–H and O–H groups in total. The highest BCUT2D eigenvalue weighted by Gasteiger charge is 2.37. The highest BCUT2D eigenvalue weighted by Crippen LogP contribution is 2.29. The van der Waals surface area contributed by atoms with E-state index < -0.39 is 0 Å². The van der Waals surface area contributed by atoms with Gasteiger partial charge in [0.05, 0.1) is 5.92 Å². The smallest absolute Gasteiger partial charge is 0.227 e. The minimum Gasteiger partial charge on any atom is -0.342 e. The summed E-state index contributed by atoms with van der Waals surface area (Å²) in [5.74, 6) is 2.20. The number of amides is 2. The van der Waals surface area contributed by atoms with Crippen LogP contribution in [-0.2, 0) is 16.1 Å². The predicted molar refractivity (Wildman–Crippen MR) is 105 cm³/mol. The first-order chi connectivity index (χ1) is 13.0. The van der Waals surface area contributed by atoms with E-state index in [4.69, 9.17) is 0 Å². The molecule has 150 valence electrons. The van der Waals surface area contributed by atoms with Crippen molar-refractivity contribution in [1.82, 2.24) is 19.4 Å². The maximum Gasteiger partial charge on any atom is 0.227 e. The van der Waals surface area contributed by atoms with Gasteiger partial charge in [0.25, 0.3) is 0 Å². The lowest BCUT2D eigenvalue weighted by Crippen LogP contribution is -2.42. The molecule has 2 fully saturated rings. The summed E-state index contributed by atoms with van der Waals surface area (Å²) in [4.78, 5) is 33.5. The average molecular weight is 375 g/mol. The Bertz CT molecular complexity index is 646. The molecule has 3 heterocycles. The van der Waals surface area contributed by atoms with Crippen molar-refractivity contribution in [2.45, 2.75) is 65.3 Å². The number of carbonyl (C=O) groups is 2. The van der Waals surface area contributed by atoms with E-state index in [-0.39, 0.29) is 17.7 Å². The Morgan fingerprint density at radius 3 is 2.70 bits per heavy atom. The van der Waals surface area contributed by atoms with Crippen molar-refractivity contribution in [2.24, 2.45) is 11.8 Å². The third-order valence-electron chi connectivity index (χ3n) is 5.82. The summed E-state index contributed by atoms with van der Waals surface area (Å²) in [5, 5.41) is 0. The van der Waals surface area contributed by atoms with E-state index in [1.807, 2.05) is 16.0 Å². The lowest BCUT2D eigenvalue weighted by atomic mass is 9.94. The van der Waals surface area contributed by atoms with E-state index in [0.717, 1.165) is 39.0 Å². The summed E-state index contributed by atoms with van der Waals surface area (Å²) in [7, 11) is 0. The van der Waals surface area contributed by atoms with E-state index in [1.54, 1.807) is 0 Å². The minimum absolute atomic E-state index is 0.134. The van der Waals surface area contributed by atoms with Crippen LogP contribution in [0.25, 0.3) is 0 Å². The second-order valence-electron chi connectivity index (χ2n) is 8.53. The standard InChI is InChI=1S/C21H34N4O2/c1-4-5-9-23-12-8-22-20(23)17-6-10-24(11-7-17)21(27)18-13-19(26)25(15-18)14-16(2)3/h8,12,16-18H,4-7,9-11,13-15H2,1-3H3/t18-/m1/s1. The van der Waals surface area contributed by atoms with Gasteiger partial charge in [0, 0.05) is 57.5 Å². The number of unbranched alkanes of at least 4 members (excludes halogenated alkanes) is 1. The lowest BCUT2D eigenvalue weighted by molar-refractivity contribution is -0.136. The number of aromatic nitrogens is 2. The van der Waals surface area contributed by atoms with Gasteiger partial charge < -0.3 is 14.4 Å².